The summed E-state index contributed by atoms with van der Waals surface area (Å²) in [5, 5.41) is 9.24. The highest BCUT2D eigenvalue weighted by Gasteiger charge is 2.41. The second-order valence-electron chi connectivity index (χ2n) is 4.51. The number of carboxylic acid groups (broad SMARTS) is 1. The zero-order valence-electron chi connectivity index (χ0n) is 9.54. The van der Waals surface area contributed by atoms with Gasteiger partial charge in [-0.1, -0.05) is 30.4 Å². The molecule has 5 nitrogen and oxygen atoms in total. The largest absolute Gasteiger partial charge is 0.480 e. The zero-order chi connectivity index (χ0) is 12.9. The van der Waals surface area contributed by atoms with Crippen LogP contribution >= 0.6 is 0 Å². The van der Waals surface area contributed by atoms with Gasteiger partial charge in [0.2, 0.25) is 5.91 Å². The number of carbonyl (C=O) groups excluding carboxylic acids is 1. The van der Waals surface area contributed by atoms with Crippen LogP contribution in [0.5, 0.6) is 0 Å². The highest BCUT2D eigenvalue weighted by Crippen LogP contribution is 2.38. The van der Waals surface area contributed by atoms with Crippen LogP contribution < -0.4 is 10.6 Å². The number of hydrogen-bond acceptors (Lipinski definition) is 3. The molecule has 2 heterocycles. The molecule has 3 N–H and O–H groups in total. The van der Waals surface area contributed by atoms with Crippen molar-refractivity contribution in [3.63, 3.8) is 0 Å². The van der Waals surface area contributed by atoms with Crippen molar-refractivity contribution in [3.8, 4) is 0 Å². The van der Waals surface area contributed by atoms with Gasteiger partial charge in [-0.3, -0.25) is 9.69 Å². The quantitative estimate of drug-likeness (QED) is 0.748. The number of nitrogens with zero attached hydrogens (tertiary/aromatic N) is 1. The Morgan fingerprint density at radius 2 is 2.22 bits per heavy atom. The molecule has 5 heteroatoms. The fourth-order valence-electron chi connectivity index (χ4n) is 2.57. The predicted octanol–water partition coefficient (Wildman–Crippen LogP) is 0.383. The molecule has 92 valence electrons. The Kier molecular flexibility index (Phi) is 2.24. The molecule has 3 rings (SSSR count). The summed E-state index contributed by atoms with van der Waals surface area (Å²) in [5.41, 5.74) is 8.16. The van der Waals surface area contributed by atoms with Gasteiger partial charge in [0, 0.05) is 6.42 Å². The molecule has 0 saturated carbocycles. The molecule has 2 atom stereocenters. The van der Waals surface area contributed by atoms with Gasteiger partial charge in [-0.2, -0.15) is 0 Å². The Morgan fingerprint density at radius 1 is 1.44 bits per heavy atom. The lowest BCUT2D eigenvalue weighted by Gasteiger charge is -2.24. The molecular formula is C13H12N2O3. The lowest BCUT2D eigenvalue weighted by atomic mass is 10.1. The van der Waals surface area contributed by atoms with Crippen LogP contribution in [0.25, 0.3) is 6.08 Å². The first-order chi connectivity index (χ1) is 8.59. The summed E-state index contributed by atoms with van der Waals surface area (Å²) in [6, 6.07) is 3.94. The molecule has 0 fully saturated rings. The Labute approximate surface area is 104 Å². The summed E-state index contributed by atoms with van der Waals surface area (Å²) in [6.07, 6.45) is 3.73. The number of nitrogens with two attached hydrogens (primary N) is 1. The van der Waals surface area contributed by atoms with E-state index in [2.05, 4.69) is 0 Å². The van der Waals surface area contributed by atoms with E-state index in [-0.39, 0.29) is 5.91 Å². The van der Waals surface area contributed by atoms with Crippen LogP contribution in [0.2, 0.25) is 0 Å². The lowest BCUT2D eigenvalue weighted by Crippen LogP contribution is -2.49. The molecule has 1 unspecified atom stereocenters. The van der Waals surface area contributed by atoms with Crippen molar-refractivity contribution < 1.29 is 14.7 Å². The number of benzene rings is 1. The van der Waals surface area contributed by atoms with Gasteiger partial charge in [0.25, 0.3) is 0 Å². The smallest absolute Gasteiger partial charge is 0.327 e. The summed E-state index contributed by atoms with van der Waals surface area (Å²) in [7, 11) is 0. The molecule has 0 spiro atoms. The van der Waals surface area contributed by atoms with Crippen LogP contribution in [0.4, 0.5) is 5.69 Å². The second-order valence-corrected chi connectivity index (χ2v) is 4.51. The van der Waals surface area contributed by atoms with Gasteiger partial charge in [-0.05, 0) is 11.1 Å². The van der Waals surface area contributed by atoms with E-state index in [9.17, 15) is 14.7 Å². The van der Waals surface area contributed by atoms with E-state index in [1.165, 1.54) is 4.90 Å². The number of anilines is 1. The molecule has 0 aliphatic carbocycles. The molecule has 18 heavy (non-hydrogen) atoms. The minimum absolute atomic E-state index is 0.338. The standard InChI is InChI=1S/C13H12N2O3/c14-9-5-4-7-2-1-3-8-6-10(13(17)18)15(11(7)8)12(9)16/h1-5,9-10H,6,14H2,(H,17,18)/t9?,10-/m0/s1. The van der Waals surface area contributed by atoms with Crippen molar-refractivity contribution in [2.45, 2.75) is 18.5 Å². The van der Waals surface area contributed by atoms with Crippen molar-refractivity contribution in [2.24, 2.45) is 5.73 Å². The summed E-state index contributed by atoms with van der Waals surface area (Å²) < 4.78 is 0. The fraction of sp³-hybridized carbons (Fsp3) is 0.231. The first-order valence-electron chi connectivity index (χ1n) is 5.71. The SMILES string of the molecule is NC1C=Cc2cccc3c2N(C1=O)[C@H](C(=O)O)C3. The molecule has 1 aromatic carbocycles. The van der Waals surface area contributed by atoms with E-state index in [0.29, 0.717) is 12.1 Å². The lowest BCUT2D eigenvalue weighted by molar-refractivity contribution is -0.139. The maximum absolute atomic E-state index is 12.2. The summed E-state index contributed by atoms with van der Waals surface area (Å²) in [4.78, 5) is 24.8. The third kappa shape index (κ3) is 1.37. The number of hydrogen-bond donors (Lipinski definition) is 2. The zero-order valence-corrected chi connectivity index (χ0v) is 9.54. The van der Waals surface area contributed by atoms with Gasteiger partial charge < -0.3 is 10.8 Å². The van der Waals surface area contributed by atoms with E-state index >= 15 is 0 Å². The first-order valence-corrected chi connectivity index (χ1v) is 5.71. The molecule has 1 aromatic rings. The van der Waals surface area contributed by atoms with E-state index < -0.39 is 18.1 Å². The van der Waals surface area contributed by atoms with Crippen molar-refractivity contribution in [1.82, 2.24) is 0 Å². The Hall–Kier alpha value is -2.14. The molecule has 0 radical (unpaired) electrons. The normalized spacial score (nSPS) is 24.9. The van der Waals surface area contributed by atoms with Gasteiger partial charge in [0.15, 0.2) is 0 Å². The highest BCUT2D eigenvalue weighted by atomic mass is 16.4. The van der Waals surface area contributed by atoms with Gasteiger partial charge >= 0.3 is 5.97 Å². The monoisotopic (exact) mass is 244 g/mol. The number of para-hydroxylation sites is 1. The molecule has 2 aliphatic rings. The predicted molar refractivity (Wildman–Crippen MR) is 66.1 cm³/mol. The van der Waals surface area contributed by atoms with Crippen LogP contribution in [-0.2, 0) is 16.0 Å². The topological polar surface area (TPSA) is 83.6 Å². The van der Waals surface area contributed by atoms with Crippen LogP contribution in [0.3, 0.4) is 0 Å². The Balaban J connectivity index is 2.22. The number of carboxylic acids is 1. The maximum Gasteiger partial charge on any atom is 0.327 e. The Bertz CT molecular complexity index is 580. The fourth-order valence-corrected chi connectivity index (χ4v) is 2.57. The molecule has 1 amide bonds. The molecule has 0 saturated heterocycles. The third-order valence-electron chi connectivity index (χ3n) is 3.41. The highest BCUT2D eigenvalue weighted by molar-refractivity contribution is 6.08. The van der Waals surface area contributed by atoms with E-state index in [4.69, 9.17) is 5.73 Å². The third-order valence-corrected chi connectivity index (χ3v) is 3.41. The average molecular weight is 244 g/mol. The van der Waals surface area contributed by atoms with Crippen LogP contribution in [0.1, 0.15) is 11.1 Å². The number of aliphatic carboxylic acids is 1. The van der Waals surface area contributed by atoms with E-state index in [0.717, 1.165) is 11.1 Å². The minimum Gasteiger partial charge on any atom is -0.480 e. The molecule has 0 bridgehead atoms. The van der Waals surface area contributed by atoms with Gasteiger partial charge in [-0.15, -0.1) is 0 Å². The second kappa shape index (κ2) is 3.68. The van der Waals surface area contributed by atoms with Gasteiger partial charge in [0.05, 0.1) is 5.69 Å². The van der Waals surface area contributed by atoms with Crippen molar-refractivity contribution >= 4 is 23.6 Å². The van der Waals surface area contributed by atoms with E-state index in [1.807, 2.05) is 18.2 Å². The molecular weight excluding hydrogens is 232 g/mol. The summed E-state index contributed by atoms with van der Waals surface area (Å²) in [6.45, 7) is 0. The number of amides is 1. The first kappa shape index (κ1) is 11.0. The van der Waals surface area contributed by atoms with Gasteiger partial charge in [0.1, 0.15) is 12.1 Å². The van der Waals surface area contributed by atoms with Crippen molar-refractivity contribution in [3.05, 3.63) is 35.4 Å². The van der Waals surface area contributed by atoms with E-state index in [1.54, 1.807) is 12.2 Å². The number of carbonyl (C=O) groups is 2. The maximum atomic E-state index is 12.2. The molecule has 0 aromatic heterocycles. The van der Waals surface area contributed by atoms with Crippen molar-refractivity contribution in [1.29, 1.82) is 0 Å². The minimum atomic E-state index is -1.00. The summed E-state index contributed by atoms with van der Waals surface area (Å²) >= 11 is 0. The number of rotatable bonds is 1. The van der Waals surface area contributed by atoms with Crippen molar-refractivity contribution in [2.75, 3.05) is 4.90 Å². The Morgan fingerprint density at radius 3 is 2.94 bits per heavy atom. The average Bonchev–Trinajstić information content (AvgIpc) is 2.69. The van der Waals surface area contributed by atoms with Gasteiger partial charge in [-0.25, -0.2) is 4.79 Å². The van der Waals surface area contributed by atoms with Crippen LogP contribution in [0, 0.1) is 0 Å². The van der Waals surface area contributed by atoms with Crippen LogP contribution in [-0.4, -0.2) is 29.1 Å². The molecule has 2 aliphatic heterocycles. The van der Waals surface area contributed by atoms with Crippen LogP contribution in [0.15, 0.2) is 24.3 Å². The summed E-state index contributed by atoms with van der Waals surface area (Å²) in [5.74, 6) is -1.36.